The lowest BCUT2D eigenvalue weighted by Gasteiger charge is -2.35. The van der Waals surface area contributed by atoms with Crippen molar-refractivity contribution in [3.63, 3.8) is 0 Å². The Morgan fingerprint density at radius 3 is 2.26 bits per heavy atom. The molecule has 0 spiro atoms. The number of sulfonamides is 1. The minimum Gasteiger partial charge on any atom is -0.367 e. The predicted molar refractivity (Wildman–Crippen MR) is 142 cm³/mol. The minimum absolute atomic E-state index is 0.126. The third-order valence-corrected chi connectivity index (χ3v) is 8.24. The second-order valence-corrected chi connectivity index (χ2v) is 10.7. The van der Waals surface area contributed by atoms with Crippen LogP contribution in [-0.4, -0.2) is 59.0 Å². The number of halogens is 1. The Balaban J connectivity index is 1.54. The molecule has 1 heterocycles. The first-order valence-corrected chi connectivity index (χ1v) is 13.3. The van der Waals surface area contributed by atoms with Gasteiger partial charge in [0.1, 0.15) is 0 Å². The van der Waals surface area contributed by atoms with E-state index in [4.69, 9.17) is 11.6 Å². The number of piperazine rings is 1. The number of hydrogen-bond donors (Lipinski definition) is 1. The van der Waals surface area contributed by atoms with E-state index in [0.29, 0.717) is 28.5 Å². The highest BCUT2D eigenvalue weighted by Gasteiger charge is 2.24. The average Bonchev–Trinajstić information content (AvgIpc) is 2.86. The molecular weight excluding hydrogens is 484 g/mol. The number of anilines is 3. The molecule has 0 aliphatic carbocycles. The molecule has 0 bridgehead atoms. The van der Waals surface area contributed by atoms with Crippen molar-refractivity contribution in [1.29, 1.82) is 0 Å². The topological polar surface area (TPSA) is 73.0 Å². The number of rotatable bonds is 7. The van der Waals surface area contributed by atoms with Crippen molar-refractivity contribution in [2.45, 2.75) is 11.8 Å². The Hall–Kier alpha value is -3.07. The Bertz CT molecular complexity index is 1280. The van der Waals surface area contributed by atoms with Crippen LogP contribution in [0.3, 0.4) is 0 Å². The summed E-state index contributed by atoms with van der Waals surface area (Å²) >= 11 is 6.22. The van der Waals surface area contributed by atoms with Crippen LogP contribution in [0.2, 0.25) is 5.02 Å². The van der Waals surface area contributed by atoms with Crippen LogP contribution in [0.1, 0.15) is 17.3 Å². The summed E-state index contributed by atoms with van der Waals surface area (Å²) in [5.74, 6) is -0.331. The number of likely N-dealkylation sites (N-methyl/N-ethyl adjacent to an activating group) is 1. The first-order chi connectivity index (χ1) is 16.8. The van der Waals surface area contributed by atoms with Gasteiger partial charge in [0.25, 0.3) is 15.9 Å². The summed E-state index contributed by atoms with van der Waals surface area (Å²) in [7, 11) is -1.67. The van der Waals surface area contributed by atoms with Crippen LogP contribution in [0.4, 0.5) is 17.1 Å². The van der Waals surface area contributed by atoms with Crippen molar-refractivity contribution >= 4 is 44.6 Å². The third kappa shape index (κ3) is 5.61. The first-order valence-electron chi connectivity index (χ1n) is 11.5. The minimum atomic E-state index is -3.76. The number of amides is 1. The molecule has 0 aromatic heterocycles. The van der Waals surface area contributed by atoms with Crippen LogP contribution in [0.5, 0.6) is 0 Å². The van der Waals surface area contributed by atoms with Gasteiger partial charge in [-0.25, -0.2) is 8.42 Å². The van der Waals surface area contributed by atoms with Crippen LogP contribution >= 0.6 is 11.6 Å². The molecule has 1 N–H and O–H groups in total. The standard InChI is InChI=1S/C26H29ClN4O3S/c1-3-31(22-7-5-4-6-8-22)35(33,34)23-12-9-20(10-13-23)26(32)28-24-19-21(27)11-14-25(24)30-17-15-29(2)16-18-30/h4-14,19H,3,15-18H2,1-2H3,(H,28,32). The summed E-state index contributed by atoms with van der Waals surface area (Å²) < 4.78 is 27.8. The summed E-state index contributed by atoms with van der Waals surface area (Å²) in [6.07, 6.45) is 0. The summed E-state index contributed by atoms with van der Waals surface area (Å²) in [5.41, 5.74) is 2.49. The van der Waals surface area contributed by atoms with Crippen molar-refractivity contribution in [3.8, 4) is 0 Å². The van der Waals surface area contributed by atoms with Gasteiger partial charge in [-0.05, 0) is 68.6 Å². The molecule has 1 fully saturated rings. The Morgan fingerprint density at radius 2 is 1.63 bits per heavy atom. The average molecular weight is 513 g/mol. The van der Waals surface area contributed by atoms with Gasteiger partial charge < -0.3 is 15.1 Å². The quantitative estimate of drug-likeness (QED) is 0.502. The van der Waals surface area contributed by atoms with E-state index in [9.17, 15) is 13.2 Å². The fourth-order valence-electron chi connectivity index (χ4n) is 4.12. The number of para-hydroxylation sites is 1. The van der Waals surface area contributed by atoms with Crippen molar-refractivity contribution in [2.75, 3.05) is 54.3 Å². The molecule has 1 amide bonds. The van der Waals surface area contributed by atoms with Gasteiger partial charge >= 0.3 is 0 Å². The molecule has 3 aromatic rings. The van der Waals surface area contributed by atoms with Gasteiger partial charge in [0, 0.05) is 43.3 Å². The van der Waals surface area contributed by atoms with E-state index < -0.39 is 10.0 Å². The molecule has 4 rings (SSSR count). The zero-order valence-corrected chi connectivity index (χ0v) is 21.4. The molecule has 1 aliphatic rings. The van der Waals surface area contributed by atoms with E-state index in [1.807, 2.05) is 18.2 Å². The highest BCUT2D eigenvalue weighted by Crippen LogP contribution is 2.31. The molecule has 35 heavy (non-hydrogen) atoms. The summed E-state index contributed by atoms with van der Waals surface area (Å²) in [6, 6.07) is 20.4. The van der Waals surface area contributed by atoms with Crippen LogP contribution < -0.4 is 14.5 Å². The van der Waals surface area contributed by atoms with Gasteiger partial charge in [-0.2, -0.15) is 0 Å². The summed E-state index contributed by atoms with van der Waals surface area (Å²) in [6.45, 7) is 5.65. The van der Waals surface area contributed by atoms with Gasteiger partial charge in [0.15, 0.2) is 0 Å². The van der Waals surface area contributed by atoms with Crippen molar-refractivity contribution in [2.24, 2.45) is 0 Å². The number of nitrogens with one attached hydrogen (secondary N) is 1. The highest BCUT2D eigenvalue weighted by atomic mass is 35.5. The fourth-order valence-corrected chi connectivity index (χ4v) is 5.76. The molecule has 0 saturated carbocycles. The summed E-state index contributed by atoms with van der Waals surface area (Å²) in [4.78, 5) is 17.7. The second kappa shape index (κ2) is 10.7. The molecular formula is C26H29ClN4O3S. The van der Waals surface area contributed by atoms with Crippen molar-refractivity contribution in [1.82, 2.24) is 4.90 Å². The lowest BCUT2D eigenvalue weighted by molar-refractivity contribution is 0.102. The number of benzene rings is 3. The molecule has 7 nitrogen and oxygen atoms in total. The lowest BCUT2D eigenvalue weighted by Crippen LogP contribution is -2.44. The second-order valence-electron chi connectivity index (χ2n) is 8.44. The smallest absolute Gasteiger partial charge is 0.264 e. The lowest BCUT2D eigenvalue weighted by atomic mass is 10.1. The van der Waals surface area contributed by atoms with E-state index in [-0.39, 0.29) is 10.8 Å². The van der Waals surface area contributed by atoms with Gasteiger partial charge in [0.05, 0.1) is 22.0 Å². The van der Waals surface area contributed by atoms with E-state index in [2.05, 4.69) is 22.2 Å². The van der Waals surface area contributed by atoms with Crippen LogP contribution in [0.25, 0.3) is 0 Å². The predicted octanol–water partition coefficient (Wildman–Crippen LogP) is 4.56. The number of hydrogen-bond acceptors (Lipinski definition) is 5. The van der Waals surface area contributed by atoms with E-state index in [1.54, 1.807) is 37.3 Å². The van der Waals surface area contributed by atoms with Crippen LogP contribution in [0, 0.1) is 0 Å². The Morgan fingerprint density at radius 1 is 0.971 bits per heavy atom. The monoisotopic (exact) mass is 512 g/mol. The van der Waals surface area contributed by atoms with Gasteiger partial charge in [-0.1, -0.05) is 29.8 Å². The van der Waals surface area contributed by atoms with Gasteiger partial charge in [0.2, 0.25) is 0 Å². The molecule has 0 unspecified atom stereocenters. The van der Waals surface area contributed by atoms with Gasteiger partial charge in [-0.3, -0.25) is 9.10 Å². The molecule has 3 aromatic carbocycles. The van der Waals surface area contributed by atoms with Gasteiger partial charge in [-0.15, -0.1) is 0 Å². The normalized spacial score (nSPS) is 14.5. The molecule has 184 valence electrons. The SMILES string of the molecule is CCN(c1ccccc1)S(=O)(=O)c1ccc(C(=O)Nc2cc(Cl)ccc2N2CCN(C)CC2)cc1. The maximum atomic E-state index is 13.2. The molecule has 0 radical (unpaired) electrons. The maximum Gasteiger partial charge on any atom is 0.264 e. The summed E-state index contributed by atoms with van der Waals surface area (Å²) in [5, 5.41) is 3.48. The third-order valence-electron chi connectivity index (χ3n) is 6.09. The maximum absolute atomic E-state index is 13.2. The van der Waals surface area contributed by atoms with Crippen molar-refractivity contribution in [3.05, 3.63) is 83.4 Å². The zero-order chi connectivity index (χ0) is 25.0. The number of carbonyl (C=O) groups is 1. The number of carbonyl (C=O) groups excluding carboxylic acids is 1. The van der Waals surface area contributed by atoms with E-state index in [1.165, 1.54) is 28.6 Å². The van der Waals surface area contributed by atoms with E-state index >= 15 is 0 Å². The van der Waals surface area contributed by atoms with Crippen molar-refractivity contribution < 1.29 is 13.2 Å². The molecule has 9 heteroatoms. The van der Waals surface area contributed by atoms with E-state index in [0.717, 1.165) is 31.9 Å². The largest absolute Gasteiger partial charge is 0.367 e. The molecule has 1 saturated heterocycles. The zero-order valence-electron chi connectivity index (χ0n) is 19.8. The number of nitrogens with zero attached hydrogens (tertiary/aromatic N) is 3. The van der Waals surface area contributed by atoms with Crippen LogP contribution in [-0.2, 0) is 10.0 Å². The van der Waals surface area contributed by atoms with Crippen LogP contribution in [0.15, 0.2) is 77.7 Å². The Labute approximate surface area is 212 Å². The fraction of sp³-hybridized carbons (Fsp3) is 0.269. The Kier molecular flexibility index (Phi) is 7.64. The highest BCUT2D eigenvalue weighted by molar-refractivity contribution is 7.92. The molecule has 0 atom stereocenters. The first kappa shape index (κ1) is 25.0. The molecule has 1 aliphatic heterocycles.